The number of esters is 1. The summed E-state index contributed by atoms with van der Waals surface area (Å²) in [4.78, 5) is 20.8. The van der Waals surface area contributed by atoms with Crippen LogP contribution in [0.3, 0.4) is 0 Å². The number of anilines is 3. The molecule has 1 heterocycles. The molecule has 0 aliphatic heterocycles. The topological polar surface area (TPSA) is 76.1 Å². The highest BCUT2D eigenvalue weighted by atomic mass is 35.5. The Labute approximate surface area is 168 Å². The molecule has 28 heavy (non-hydrogen) atoms. The van der Waals surface area contributed by atoms with Crippen LogP contribution in [0.4, 0.5) is 17.3 Å². The van der Waals surface area contributed by atoms with Gasteiger partial charge < -0.3 is 15.4 Å². The SMILES string of the molecule is COC(=O)c1ccccc1Nc1cc(NCCc2ccc(Cl)cc2)nc(C)n1. The number of rotatable bonds is 7. The predicted molar refractivity (Wildman–Crippen MR) is 111 cm³/mol. The van der Waals surface area contributed by atoms with Crippen molar-refractivity contribution in [3.8, 4) is 0 Å². The van der Waals surface area contributed by atoms with Crippen molar-refractivity contribution in [2.24, 2.45) is 0 Å². The standard InChI is InChI=1S/C21H21ClN4O2/c1-14-24-19(23-12-11-15-7-9-16(22)10-8-15)13-20(25-14)26-18-6-4-3-5-17(18)21(27)28-2/h3-10,13H,11-12H2,1-2H3,(H2,23,24,25,26). The monoisotopic (exact) mass is 396 g/mol. The number of hydrogen-bond acceptors (Lipinski definition) is 6. The quantitative estimate of drug-likeness (QED) is 0.567. The van der Waals surface area contributed by atoms with E-state index in [0.29, 0.717) is 28.7 Å². The zero-order valence-electron chi connectivity index (χ0n) is 15.7. The molecule has 1 aromatic heterocycles. The summed E-state index contributed by atoms with van der Waals surface area (Å²) in [6, 6.07) is 16.7. The van der Waals surface area contributed by atoms with Crippen molar-refractivity contribution in [3.63, 3.8) is 0 Å². The maximum Gasteiger partial charge on any atom is 0.339 e. The number of nitrogens with one attached hydrogen (secondary N) is 2. The smallest absolute Gasteiger partial charge is 0.339 e. The van der Waals surface area contributed by atoms with Crippen molar-refractivity contribution >= 4 is 34.9 Å². The summed E-state index contributed by atoms with van der Waals surface area (Å²) >= 11 is 5.91. The molecule has 144 valence electrons. The van der Waals surface area contributed by atoms with Gasteiger partial charge in [-0.3, -0.25) is 0 Å². The first-order chi connectivity index (χ1) is 13.5. The third-order valence-electron chi connectivity index (χ3n) is 4.07. The average Bonchev–Trinajstić information content (AvgIpc) is 2.69. The highest BCUT2D eigenvalue weighted by molar-refractivity contribution is 6.30. The normalized spacial score (nSPS) is 10.4. The number of nitrogens with zero attached hydrogens (tertiary/aromatic N) is 2. The molecule has 3 rings (SSSR count). The fourth-order valence-corrected chi connectivity index (χ4v) is 2.85. The van der Waals surface area contributed by atoms with E-state index in [1.807, 2.05) is 43.3 Å². The predicted octanol–water partition coefficient (Wildman–Crippen LogP) is 4.62. The lowest BCUT2D eigenvalue weighted by Crippen LogP contribution is -2.09. The number of aryl methyl sites for hydroxylation is 1. The van der Waals surface area contributed by atoms with E-state index in [1.54, 1.807) is 18.2 Å². The molecule has 2 N–H and O–H groups in total. The molecule has 0 saturated carbocycles. The Kier molecular flexibility index (Phi) is 6.45. The second kappa shape index (κ2) is 9.19. The third kappa shape index (κ3) is 5.20. The van der Waals surface area contributed by atoms with E-state index in [-0.39, 0.29) is 0 Å². The maximum atomic E-state index is 11.9. The van der Waals surface area contributed by atoms with Crippen LogP contribution in [-0.2, 0) is 11.2 Å². The highest BCUT2D eigenvalue weighted by Gasteiger charge is 2.12. The van der Waals surface area contributed by atoms with Crippen molar-refractivity contribution in [2.45, 2.75) is 13.3 Å². The van der Waals surface area contributed by atoms with Gasteiger partial charge >= 0.3 is 5.97 Å². The second-order valence-corrected chi connectivity index (χ2v) is 6.59. The maximum absolute atomic E-state index is 11.9. The molecule has 0 amide bonds. The average molecular weight is 397 g/mol. The Morgan fingerprint density at radius 1 is 1.07 bits per heavy atom. The van der Waals surface area contributed by atoms with Gasteiger partial charge in [-0.2, -0.15) is 0 Å². The molecule has 0 saturated heterocycles. The lowest BCUT2D eigenvalue weighted by Gasteiger charge is -2.12. The Hall–Kier alpha value is -3.12. The van der Waals surface area contributed by atoms with Crippen LogP contribution >= 0.6 is 11.6 Å². The van der Waals surface area contributed by atoms with E-state index in [0.717, 1.165) is 18.0 Å². The summed E-state index contributed by atoms with van der Waals surface area (Å²) < 4.78 is 4.83. The van der Waals surface area contributed by atoms with Crippen molar-refractivity contribution in [1.82, 2.24) is 9.97 Å². The van der Waals surface area contributed by atoms with Gasteiger partial charge in [-0.25, -0.2) is 14.8 Å². The van der Waals surface area contributed by atoms with Gasteiger partial charge in [0.15, 0.2) is 0 Å². The van der Waals surface area contributed by atoms with Crippen LogP contribution in [0.5, 0.6) is 0 Å². The van der Waals surface area contributed by atoms with Crippen molar-refractivity contribution < 1.29 is 9.53 Å². The van der Waals surface area contributed by atoms with E-state index < -0.39 is 5.97 Å². The summed E-state index contributed by atoms with van der Waals surface area (Å²) in [5, 5.41) is 7.21. The van der Waals surface area contributed by atoms with Crippen LogP contribution in [0.15, 0.2) is 54.6 Å². The molecular formula is C21H21ClN4O2. The molecule has 0 atom stereocenters. The highest BCUT2D eigenvalue weighted by Crippen LogP contribution is 2.22. The van der Waals surface area contributed by atoms with Gasteiger partial charge in [0.05, 0.1) is 18.4 Å². The van der Waals surface area contributed by atoms with Gasteiger partial charge in [0.1, 0.15) is 17.5 Å². The fraction of sp³-hybridized carbons (Fsp3) is 0.190. The largest absolute Gasteiger partial charge is 0.465 e. The van der Waals surface area contributed by atoms with E-state index in [2.05, 4.69) is 20.6 Å². The molecular weight excluding hydrogens is 376 g/mol. The lowest BCUT2D eigenvalue weighted by molar-refractivity contribution is 0.0602. The van der Waals surface area contributed by atoms with E-state index in [9.17, 15) is 4.79 Å². The fourth-order valence-electron chi connectivity index (χ4n) is 2.73. The minimum absolute atomic E-state index is 0.407. The number of hydrogen-bond donors (Lipinski definition) is 2. The summed E-state index contributed by atoms with van der Waals surface area (Å²) in [5.74, 6) is 1.52. The van der Waals surface area contributed by atoms with Gasteiger partial charge in [-0.15, -0.1) is 0 Å². The molecule has 0 fully saturated rings. The van der Waals surface area contributed by atoms with E-state index in [4.69, 9.17) is 16.3 Å². The van der Waals surface area contributed by atoms with Crippen LogP contribution in [0.25, 0.3) is 0 Å². The van der Waals surface area contributed by atoms with Crippen LogP contribution in [0.1, 0.15) is 21.7 Å². The van der Waals surface area contributed by atoms with Gasteiger partial charge in [0, 0.05) is 17.6 Å². The Balaban J connectivity index is 1.70. The number of carbonyl (C=O) groups excluding carboxylic acids is 1. The summed E-state index contributed by atoms with van der Waals surface area (Å²) in [7, 11) is 1.36. The first-order valence-corrected chi connectivity index (χ1v) is 9.21. The zero-order valence-corrected chi connectivity index (χ0v) is 16.5. The number of para-hydroxylation sites is 1. The summed E-state index contributed by atoms with van der Waals surface area (Å²) in [6.45, 7) is 2.54. The number of aromatic nitrogens is 2. The van der Waals surface area contributed by atoms with Crippen molar-refractivity contribution in [1.29, 1.82) is 0 Å². The molecule has 0 aliphatic rings. The Bertz CT molecular complexity index is 961. The van der Waals surface area contributed by atoms with E-state index in [1.165, 1.54) is 12.7 Å². The number of methoxy groups -OCH3 is 1. The van der Waals surface area contributed by atoms with Crippen LogP contribution < -0.4 is 10.6 Å². The first-order valence-electron chi connectivity index (χ1n) is 8.83. The first kappa shape index (κ1) is 19.6. The molecule has 0 bridgehead atoms. The number of halogens is 1. The van der Waals surface area contributed by atoms with Crippen LogP contribution in [0.2, 0.25) is 5.02 Å². The molecule has 0 unspecified atom stereocenters. The van der Waals surface area contributed by atoms with Crippen molar-refractivity contribution in [2.75, 3.05) is 24.3 Å². The van der Waals surface area contributed by atoms with Crippen LogP contribution in [-0.4, -0.2) is 29.6 Å². The zero-order chi connectivity index (χ0) is 19.9. The molecule has 7 heteroatoms. The van der Waals surface area contributed by atoms with Gasteiger partial charge in [-0.05, 0) is 43.2 Å². The van der Waals surface area contributed by atoms with Gasteiger partial charge in [0.25, 0.3) is 0 Å². The van der Waals surface area contributed by atoms with Crippen LogP contribution in [0, 0.1) is 6.92 Å². The Morgan fingerprint density at radius 3 is 2.54 bits per heavy atom. The van der Waals surface area contributed by atoms with E-state index >= 15 is 0 Å². The molecule has 6 nitrogen and oxygen atoms in total. The lowest BCUT2D eigenvalue weighted by atomic mass is 10.1. The molecule has 2 aromatic carbocycles. The number of carbonyl (C=O) groups is 1. The minimum Gasteiger partial charge on any atom is -0.465 e. The van der Waals surface area contributed by atoms with Gasteiger partial charge in [-0.1, -0.05) is 35.9 Å². The second-order valence-electron chi connectivity index (χ2n) is 6.15. The molecule has 0 radical (unpaired) electrons. The van der Waals surface area contributed by atoms with Gasteiger partial charge in [0.2, 0.25) is 0 Å². The molecule has 3 aromatic rings. The minimum atomic E-state index is -0.407. The molecule has 0 aliphatic carbocycles. The summed E-state index contributed by atoms with van der Waals surface area (Å²) in [6.07, 6.45) is 0.841. The third-order valence-corrected chi connectivity index (χ3v) is 4.32. The summed E-state index contributed by atoms with van der Waals surface area (Å²) in [5.41, 5.74) is 2.26. The number of ether oxygens (including phenoxy) is 1. The number of benzene rings is 2. The Morgan fingerprint density at radius 2 is 1.79 bits per heavy atom. The molecule has 0 spiro atoms. The van der Waals surface area contributed by atoms with Crippen molar-refractivity contribution in [3.05, 3.63) is 76.6 Å².